The van der Waals surface area contributed by atoms with Crippen LogP contribution in [0.3, 0.4) is 0 Å². The molecule has 0 aromatic carbocycles. The van der Waals surface area contributed by atoms with E-state index < -0.39 is 0 Å². The number of carbonyl (C=O) groups excluding carboxylic acids is 1. The molecular formula is C11H16N2O3. The molecule has 1 saturated heterocycles. The van der Waals surface area contributed by atoms with Crippen LogP contribution in [0.5, 0.6) is 0 Å². The van der Waals surface area contributed by atoms with Crippen molar-refractivity contribution in [1.29, 1.82) is 0 Å². The molecular weight excluding hydrogens is 208 g/mol. The summed E-state index contributed by atoms with van der Waals surface area (Å²) in [6, 6.07) is 0. The third kappa shape index (κ3) is 2.41. The summed E-state index contributed by atoms with van der Waals surface area (Å²) in [5.74, 6) is 0.900. The number of hydrogen-bond donors (Lipinski definition) is 1. The highest BCUT2D eigenvalue weighted by Crippen LogP contribution is 2.24. The lowest BCUT2D eigenvalue weighted by atomic mass is 10.00. The number of nitrogens with zero attached hydrogens (tertiary/aromatic N) is 1. The van der Waals surface area contributed by atoms with Gasteiger partial charge in [0.25, 0.3) is 0 Å². The van der Waals surface area contributed by atoms with E-state index in [1.807, 2.05) is 0 Å². The van der Waals surface area contributed by atoms with Gasteiger partial charge in [-0.05, 0) is 19.8 Å². The Morgan fingerprint density at radius 2 is 2.38 bits per heavy atom. The molecule has 1 aliphatic heterocycles. The van der Waals surface area contributed by atoms with Crippen molar-refractivity contribution in [3.8, 4) is 0 Å². The smallest absolute Gasteiger partial charge is 0.356 e. The second-order valence-corrected chi connectivity index (χ2v) is 3.79. The predicted octanol–water partition coefficient (Wildman–Crippen LogP) is 1.48. The molecule has 16 heavy (non-hydrogen) atoms. The van der Waals surface area contributed by atoms with Gasteiger partial charge in [-0.3, -0.25) is 0 Å². The average molecular weight is 224 g/mol. The lowest BCUT2D eigenvalue weighted by Crippen LogP contribution is -2.15. The van der Waals surface area contributed by atoms with Gasteiger partial charge in [-0.25, -0.2) is 9.78 Å². The van der Waals surface area contributed by atoms with Crippen molar-refractivity contribution in [2.24, 2.45) is 0 Å². The van der Waals surface area contributed by atoms with Crippen LogP contribution in [0.25, 0.3) is 0 Å². The lowest BCUT2D eigenvalue weighted by Gasteiger charge is -2.19. The molecule has 0 unspecified atom stereocenters. The number of rotatable bonds is 3. The zero-order valence-corrected chi connectivity index (χ0v) is 9.36. The van der Waals surface area contributed by atoms with Crippen LogP contribution in [0.2, 0.25) is 0 Å². The molecule has 1 aliphatic rings. The monoisotopic (exact) mass is 224 g/mol. The van der Waals surface area contributed by atoms with Crippen molar-refractivity contribution in [2.45, 2.75) is 25.7 Å². The molecule has 88 valence electrons. The number of ether oxygens (including phenoxy) is 2. The van der Waals surface area contributed by atoms with E-state index >= 15 is 0 Å². The number of imidazole rings is 1. The van der Waals surface area contributed by atoms with Crippen molar-refractivity contribution in [2.75, 3.05) is 19.8 Å². The van der Waals surface area contributed by atoms with Gasteiger partial charge in [-0.2, -0.15) is 0 Å². The summed E-state index contributed by atoms with van der Waals surface area (Å²) in [6.07, 6.45) is 3.45. The Kier molecular flexibility index (Phi) is 3.56. The molecule has 2 rings (SSSR count). The molecule has 0 saturated carbocycles. The minimum absolute atomic E-state index is 0.340. The van der Waals surface area contributed by atoms with Crippen LogP contribution >= 0.6 is 0 Å². The molecule has 0 bridgehead atoms. The number of carbonyl (C=O) groups is 1. The molecule has 2 heterocycles. The first-order chi connectivity index (χ1) is 7.81. The summed E-state index contributed by atoms with van der Waals surface area (Å²) in [5.41, 5.74) is 0.434. The summed E-state index contributed by atoms with van der Waals surface area (Å²) in [4.78, 5) is 18.7. The molecule has 0 radical (unpaired) electrons. The molecule has 1 N–H and O–H groups in total. The summed E-state index contributed by atoms with van der Waals surface area (Å²) in [7, 11) is 0. The summed E-state index contributed by atoms with van der Waals surface area (Å²) >= 11 is 0. The Hall–Kier alpha value is -1.36. The van der Waals surface area contributed by atoms with Crippen LogP contribution in [0.15, 0.2) is 6.20 Å². The van der Waals surface area contributed by atoms with Crippen LogP contribution in [0.4, 0.5) is 0 Å². The second-order valence-electron chi connectivity index (χ2n) is 3.79. The minimum atomic E-state index is -0.340. The van der Waals surface area contributed by atoms with Gasteiger partial charge in [0.2, 0.25) is 0 Å². The van der Waals surface area contributed by atoms with Crippen molar-refractivity contribution in [3.05, 3.63) is 17.7 Å². The van der Waals surface area contributed by atoms with E-state index in [0.717, 1.165) is 31.9 Å². The topological polar surface area (TPSA) is 64.2 Å². The third-order valence-electron chi connectivity index (χ3n) is 2.70. The number of nitrogens with one attached hydrogen (secondary N) is 1. The number of aromatic amines is 1. The van der Waals surface area contributed by atoms with Gasteiger partial charge in [0.15, 0.2) is 0 Å². The second kappa shape index (κ2) is 5.12. The zero-order valence-electron chi connectivity index (χ0n) is 9.36. The van der Waals surface area contributed by atoms with Gasteiger partial charge in [0, 0.05) is 19.1 Å². The van der Waals surface area contributed by atoms with E-state index in [9.17, 15) is 4.79 Å². The van der Waals surface area contributed by atoms with Crippen molar-refractivity contribution < 1.29 is 14.3 Å². The van der Waals surface area contributed by atoms with Crippen molar-refractivity contribution in [3.63, 3.8) is 0 Å². The first kappa shape index (κ1) is 11.1. The Balaban J connectivity index is 2.03. The third-order valence-corrected chi connectivity index (χ3v) is 2.70. The van der Waals surface area contributed by atoms with Crippen LogP contribution in [-0.4, -0.2) is 35.8 Å². The fourth-order valence-corrected chi connectivity index (χ4v) is 1.83. The largest absolute Gasteiger partial charge is 0.461 e. The lowest BCUT2D eigenvalue weighted by molar-refractivity contribution is 0.0519. The van der Waals surface area contributed by atoms with E-state index in [-0.39, 0.29) is 5.97 Å². The molecule has 0 amide bonds. The highest BCUT2D eigenvalue weighted by Gasteiger charge is 2.20. The highest BCUT2D eigenvalue weighted by atomic mass is 16.5. The summed E-state index contributed by atoms with van der Waals surface area (Å²) in [5, 5.41) is 0. The average Bonchev–Trinajstić information content (AvgIpc) is 2.80. The van der Waals surface area contributed by atoms with E-state index in [0.29, 0.717) is 18.2 Å². The number of H-pyrrole nitrogens is 1. The van der Waals surface area contributed by atoms with Gasteiger partial charge in [0.1, 0.15) is 11.5 Å². The van der Waals surface area contributed by atoms with E-state index in [2.05, 4.69) is 9.97 Å². The maximum absolute atomic E-state index is 11.4. The first-order valence-corrected chi connectivity index (χ1v) is 5.61. The molecule has 5 heteroatoms. The summed E-state index contributed by atoms with van der Waals surface area (Å²) < 4.78 is 10.2. The van der Waals surface area contributed by atoms with Crippen LogP contribution in [0.1, 0.15) is 42.0 Å². The van der Waals surface area contributed by atoms with E-state index in [1.165, 1.54) is 0 Å². The fourth-order valence-electron chi connectivity index (χ4n) is 1.83. The highest BCUT2D eigenvalue weighted by molar-refractivity contribution is 5.86. The zero-order chi connectivity index (χ0) is 11.4. The van der Waals surface area contributed by atoms with Gasteiger partial charge >= 0.3 is 5.97 Å². The van der Waals surface area contributed by atoms with Gasteiger partial charge in [-0.1, -0.05) is 0 Å². The molecule has 5 nitrogen and oxygen atoms in total. The SMILES string of the molecule is CCOC(=O)c1cnc(C2CCOCC2)[nH]1. The normalized spacial score (nSPS) is 17.3. The van der Waals surface area contributed by atoms with Crippen LogP contribution in [0, 0.1) is 0 Å². The van der Waals surface area contributed by atoms with E-state index in [4.69, 9.17) is 9.47 Å². The summed E-state index contributed by atoms with van der Waals surface area (Å²) in [6.45, 7) is 3.69. The first-order valence-electron chi connectivity index (χ1n) is 5.61. The van der Waals surface area contributed by atoms with Gasteiger partial charge in [-0.15, -0.1) is 0 Å². The number of aromatic nitrogens is 2. The van der Waals surface area contributed by atoms with E-state index in [1.54, 1.807) is 13.1 Å². The molecule has 0 aliphatic carbocycles. The number of esters is 1. The Labute approximate surface area is 94.2 Å². The maximum atomic E-state index is 11.4. The van der Waals surface area contributed by atoms with Crippen LogP contribution in [-0.2, 0) is 9.47 Å². The minimum Gasteiger partial charge on any atom is -0.461 e. The number of hydrogen-bond acceptors (Lipinski definition) is 4. The fraction of sp³-hybridized carbons (Fsp3) is 0.636. The van der Waals surface area contributed by atoms with Crippen molar-refractivity contribution >= 4 is 5.97 Å². The Morgan fingerprint density at radius 3 is 3.06 bits per heavy atom. The van der Waals surface area contributed by atoms with Crippen molar-refractivity contribution in [1.82, 2.24) is 9.97 Å². The maximum Gasteiger partial charge on any atom is 0.356 e. The Bertz CT molecular complexity index is 356. The molecule has 0 spiro atoms. The predicted molar refractivity (Wildman–Crippen MR) is 57.3 cm³/mol. The Morgan fingerprint density at radius 1 is 1.62 bits per heavy atom. The molecule has 0 atom stereocenters. The molecule has 1 aromatic heterocycles. The van der Waals surface area contributed by atoms with Crippen LogP contribution < -0.4 is 0 Å². The van der Waals surface area contributed by atoms with Gasteiger partial charge < -0.3 is 14.5 Å². The standard InChI is InChI=1S/C11H16N2O3/c1-2-16-11(14)9-7-12-10(13-9)8-3-5-15-6-4-8/h7-8H,2-6H2,1H3,(H,12,13). The molecule has 1 aromatic rings. The molecule has 1 fully saturated rings. The quantitative estimate of drug-likeness (QED) is 0.790. The van der Waals surface area contributed by atoms with Gasteiger partial charge in [0.05, 0.1) is 12.8 Å².